The van der Waals surface area contributed by atoms with Crippen LogP contribution in [-0.4, -0.2) is 160 Å². The molecule has 3 heterocycles. The van der Waals surface area contributed by atoms with Crippen molar-refractivity contribution in [3.8, 4) is 11.1 Å². The Balaban J connectivity index is 0.962. The molecular formula is C41H62ClN3O12S. The van der Waals surface area contributed by atoms with E-state index in [1.807, 2.05) is 18.2 Å². The van der Waals surface area contributed by atoms with Crippen LogP contribution in [0.15, 0.2) is 53.7 Å². The van der Waals surface area contributed by atoms with E-state index in [-0.39, 0.29) is 23.4 Å². The fourth-order valence-corrected chi connectivity index (χ4v) is 8.09. The van der Waals surface area contributed by atoms with Gasteiger partial charge in [-0.05, 0) is 49.4 Å². The summed E-state index contributed by atoms with van der Waals surface area (Å²) in [4.78, 5) is 12.1. The number of ether oxygens (including phenoxy) is 9. The summed E-state index contributed by atoms with van der Waals surface area (Å²) in [5.74, 6) is 0.357. The van der Waals surface area contributed by atoms with Crippen LogP contribution in [-0.2, 0) is 63.9 Å². The van der Waals surface area contributed by atoms with Crippen LogP contribution in [0.5, 0.6) is 0 Å². The number of hydrogen-bond donors (Lipinski definition) is 0. The van der Waals surface area contributed by atoms with Gasteiger partial charge in [-0.3, -0.25) is 4.79 Å². The van der Waals surface area contributed by atoms with Gasteiger partial charge >= 0.3 is 5.97 Å². The molecule has 0 N–H and O–H groups in total. The summed E-state index contributed by atoms with van der Waals surface area (Å²) in [5.41, 5.74) is 2.71. The third-order valence-corrected chi connectivity index (χ3v) is 11.6. The number of sulfonamides is 1. The molecule has 0 unspecified atom stereocenters. The molecule has 3 aromatic rings. The van der Waals surface area contributed by atoms with Crippen LogP contribution in [0.2, 0.25) is 0 Å². The molecule has 17 heteroatoms. The van der Waals surface area contributed by atoms with E-state index >= 15 is 0 Å². The molecule has 0 bridgehead atoms. The van der Waals surface area contributed by atoms with E-state index in [0.29, 0.717) is 141 Å². The van der Waals surface area contributed by atoms with Crippen LogP contribution in [0.25, 0.3) is 16.6 Å². The number of halogens is 1. The number of unbranched alkanes of at least 4 members (excludes halogenated alkanes) is 3. The third-order valence-electron chi connectivity index (χ3n) is 9.37. The zero-order chi connectivity index (χ0) is 41.1. The van der Waals surface area contributed by atoms with Crippen molar-refractivity contribution < 1.29 is 55.8 Å². The summed E-state index contributed by atoms with van der Waals surface area (Å²) < 4.78 is 80.6. The fraction of sp³-hybridized carbons (Fsp3) is 0.659. The first kappa shape index (κ1) is 47.9. The molecule has 1 fully saturated rings. The molecule has 0 saturated carbocycles. The monoisotopic (exact) mass is 855 g/mol. The number of piperidine rings is 1. The Hall–Kier alpha value is -2.74. The van der Waals surface area contributed by atoms with Crippen molar-refractivity contribution in [3.63, 3.8) is 0 Å². The van der Waals surface area contributed by atoms with Gasteiger partial charge in [0, 0.05) is 42.9 Å². The zero-order valence-electron chi connectivity index (χ0n) is 33.9. The van der Waals surface area contributed by atoms with Gasteiger partial charge in [0.05, 0.1) is 129 Å². The molecular weight excluding hydrogens is 794 g/mol. The molecule has 0 atom stereocenters. The second-order valence-corrected chi connectivity index (χ2v) is 15.8. The standard InChI is InChI=1S/C41H62ClN3O12S/c1-49-41(46)33-36-34-43-45-16-10-35(32-39(36)45)38-8-4-5-9-40(38)58(47,48)44-14-11-37(12-15-44)57-31-30-56-29-28-55-27-26-54-25-24-53-23-22-52-21-20-51-19-18-50-17-7-3-2-6-13-42/h4-5,8-10,16,32,34,37H,2-3,6-7,11-15,17-31,33H2,1H3. The van der Waals surface area contributed by atoms with Crippen molar-refractivity contribution in [1.29, 1.82) is 0 Å². The molecule has 1 aliphatic rings. The number of benzene rings is 1. The average Bonchev–Trinajstić information content (AvgIpc) is 3.64. The molecule has 326 valence electrons. The van der Waals surface area contributed by atoms with Crippen molar-refractivity contribution in [1.82, 2.24) is 13.9 Å². The smallest absolute Gasteiger partial charge is 0.310 e. The lowest BCUT2D eigenvalue weighted by Gasteiger charge is -2.31. The first-order chi connectivity index (χ1) is 28.4. The predicted molar refractivity (Wildman–Crippen MR) is 219 cm³/mol. The zero-order valence-corrected chi connectivity index (χ0v) is 35.5. The molecule has 0 radical (unpaired) electrons. The molecule has 0 spiro atoms. The lowest BCUT2D eigenvalue weighted by Crippen LogP contribution is -2.41. The number of carbonyl (C=O) groups excluding carboxylic acids is 1. The number of fused-ring (bicyclic) bond motifs is 1. The van der Waals surface area contributed by atoms with Crippen LogP contribution in [0.4, 0.5) is 0 Å². The number of carbonyl (C=O) groups is 1. The quantitative estimate of drug-likeness (QED) is 0.0469. The molecule has 0 amide bonds. The van der Waals surface area contributed by atoms with Gasteiger partial charge in [-0.15, -0.1) is 11.6 Å². The van der Waals surface area contributed by atoms with Crippen LogP contribution in [0.1, 0.15) is 44.1 Å². The summed E-state index contributed by atoms with van der Waals surface area (Å²) in [7, 11) is -2.44. The molecule has 4 rings (SSSR count). The minimum absolute atomic E-state index is 0.0464. The maximum Gasteiger partial charge on any atom is 0.310 e. The Morgan fingerprint density at radius 2 is 1.26 bits per heavy atom. The highest BCUT2D eigenvalue weighted by molar-refractivity contribution is 7.89. The Bertz CT molecular complexity index is 1670. The number of hydrogen-bond acceptors (Lipinski definition) is 13. The topological polar surface area (TPSA) is 155 Å². The molecule has 0 aliphatic carbocycles. The SMILES string of the molecule is COC(=O)Cc1cnn2ccc(-c3ccccc3S(=O)(=O)N3CCC(OCCOCCOCCOCCOCCOCCOCCOCCCCCCCl)CC3)cc12. The second-order valence-electron chi connectivity index (χ2n) is 13.5. The number of alkyl halides is 1. The molecule has 15 nitrogen and oxygen atoms in total. The van der Waals surface area contributed by atoms with Crippen molar-refractivity contribution in [2.45, 2.75) is 55.9 Å². The lowest BCUT2D eigenvalue weighted by atomic mass is 10.1. The van der Waals surface area contributed by atoms with E-state index in [1.54, 1.807) is 35.1 Å². The summed E-state index contributed by atoms with van der Waals surface area (Å²) in [6.07, 6.45) is 9.03. The maximum absolute atomic E-state index is 13.9. The van der Waals surface area contributed by atoms with Gasteiger partial charge in [-0.25, -0.2) is 12.9 Å². The van der Waals surface area contributed by atoms with Crippen LogP contribution >= 0.6 is 11.6 Å². The largest absolute Gasteiger partial charge is 0.469 e. The van der Waals surface area contributed by atoms with Crippen molar-refractivity contribution >= 4 is 33.1 Å². The first-order valence-electron chi connectivity index (χ1n) is 20.3. The lowest BCUT2D eigenvalue weighted by molar-refractivity contribution is -0.139. The summed E-state index contributed by atoms with van der Waals surface area (Å²) >= 11 is 5.67. The van der Waals surface area contributed by atoms with Crippen LogP contribution in [0, 0.1) is 0 Å². The Morgan fingerprint density at radius 3 is 1.83 bits per heavy atom. The third kappa shape index (κ3) is 17.5. The summed E-state index contributed by atoms with van der Waals surface area (Å²) in [6, 6.07) is 10.7. The van der Waals surface area contributed by atoms with E-state index in [1.165, 1.54) is 11.4 Å². The van der Waals surface area contributed by atoms with Crippen molar-refractivity contribution in [2.75, 3.05) is 125 Å². The van der Waals surface area contributed by atoms with Crippen molar-refractivity contribution in [3.05, 3.63) is 54.4 Å². The van der Waals surface area contributed by atoms with E-state index in [4.69, 9.17) is 54.2 Å². The number of esters is 1. The number of rotatable bonds is 33. The van der Waals surface area contributed by atoms with Crippen molar-refractivity contribution in [2.24, 2.45) is 0 Å². The first-order valence-corrected chi connectivity index (χ1v) is 22.3. The van der Waals surface area contributed by atoms with E-state index in [9.17, 15) is 13.2 Å². The number of aromatic nitrogens is 2. The minimum atomic E-state index is -3.78. The molecule has 1 aromatic carbocycles. The fourth-order valence-electron chi connectivity index (χ4n) is 6.22. The van der Waals surface area contributed by atoms with Gasteiger partial charge in [-0.2, -0.15) is 9.40 Å². The minimum Gasteiger partial charge on any atom is -0.469 e. The molecule has 1 saturated heterocycles. The van der Waals surface area contributed by atoms with Crippen LogP contribution < -0.4 is 0 Å². The van der Waals surface area contributed by atoms with Gasteiger partial charge in [-0.1, -0.05) is 31.0 Å². The van der Waals surface area contributed by atoms with Gasteiger partial charge in [0.25, 0.3) is 0 Å². The summed E-state index contributed by atoms with van der Waals surface area (Å²) in [5, 5.41) is 4.31. The van der Waals surface area contributed by atoms with Gasteiger partial charge in [0.1, 0.15) is 0 Å². The number of methoxy groups -OCH3 is 1. The summed E-state index contributed by atoms with van der Waals surface area (Å²) in [6.45, 7) is 8.36. The van der Waals surface area contributed by atoms with Gasteiger partial charge in [0.2, 0.25) is 10.0 Å². The molecule has 1 aliphatic heterocycles. The van der Waals surface area contributed by atoms with E-state index in [0.717, 1.165) is 38.2 Å². The molecule has 2 aromatic heterocycles. The normalized spacial score (nSPS) is 14.1. The Morgan fingerprint density at radius 1 is 0.724 bits per heavy atom. The highest BCUT2D eigenvalue weighted by Gasteiger charge is 2.31. The van der Waals surface area contributed by atoms with Crippen LogP contribution in [0.3, 0.4) is 0 Å². The highest BCUT2D eigenvalue weighted by atomic mass is 35.5. The Labute approximate surface area is 348 Å². The predicted octanol–water partition coefficient (Wildman–Crippen LogP) is 4.80. The number of nitrogens with zero attached hydrogens (tertiary/aromatic N) is 3. The Kier molecular flexibility index (Phi) is 23.7. The molecule has 58 heavy (non-hydrogen) atoms. The maximum atomic E-state index is 13.9. The van der Waals surface area contributed by atoms with E-state index in [2.05, 4.69) is 5.10 Å². The number of pyridine rings is 1. The highest BCUT2D eigenvalue weighted by Crippen LogP contribution is 2.32. The van der Waals surface area contributed by atoms with E-state index < -0.39 is 10.0 Å². The second kappa shape index (κ2) is 28.7. The average molecular weight is 856 g/mol. The van der Waals surface area contributed by atoms with Gasteiger partial charge < -0.3 is 42.6 Å². The van der Waals surface area contributed by atoms with Gasteiger partial charge in [0.15, 0.2) is 0 Å².